The Morgan fingerprint density at radius 1 is 0.653 bits per heavy atom. The molecule has 49 heavy (non-hydrogen) atoms. The molecule has 0 radical (unpaired) electrons. The van der Waals surface area contributed by atoms with Gasteiger partial charge in [-0.1, -0.05) is 87.4 Å². The van der Waals surface area contributed by atoms with Crippen molar-refractivity contribution >= 4 is 40.4 Å². The number of nitrogens with one attached hydrogen (secondary N) is 6. The van der Waals surface area contributed by atoms with E-state index in [9.17, 15) is 24.0 Å². The van der Waals surface area contributed by atoms with E-state index in [1.54, 1.807) is 27.9 Å². The number of nitrogens with zero attached hydrogens (tertiary/aromatic N) is 1. The van der Waals surface area contributed by atoms with Crippen LogP contribution >= 0.6 is 0 Å². The number of rotatable bonds is 18. The maximum atomic E-state index is 13.9. The number of aromatic nitrogens is 1. The summed E-state index contributed by atoms with van der Waals surface area (Å²) in [7, 11) is 3.28. The second-order valence-corrected chi connectivity index (χ2v) is 14.7. The molecular weight excluding hydrogens is 622 g/mol. The molecule has 0 aliphatic rings. The van der Waals surface area contributed by atoms with Crippen molar-refractivity contribution in [1.29, 1.82) is 0 Å². The number of amides is 5. The standard InChI is InChI=1S/C37H61N7O5/c1-20(2)28(38-11)33(45)41-29(21(3)4)34(46)42-30(22(5)6)35(47)43-31(23(7)8)37(49)44(12)32(24(9)10)36(48)39-18-17-25-19-40-27-16-14-13-15-26(25)27/h13-16,19-24,28-32,38,40H,17-18H2,1-12H3,(H,39,48)(H,41,45)(H,42,46)(H,43,47)/t28-,29-,30-,31-,32-/m0/s1. The van der Waals surface area contributed by atoms with Gasteiger partial charge in [-0.3, -0.25) is 24.0 Å². The first-order chi connectivity index (χ1) is 22.9. The molecule has 0 aliphatic heterocycles. The predicted octanol–water partition coefficient (Wildman–Crippen LogP) is 2.98. The van der Waals surface area contributed by atoms with Gasteiger partial charge in [0.2, 0.25) is 29.5 Å². The number of para-hydroxylation sites is 1. The molecule has 5 atom stereocenters. The van der Waals surface area contributed by atoms with Gasteiger partial charge in [0.15, 0.2) is 0 Å². The fourth-order valence-electron chi connectivity index (χ4n) is 6.13. The predicted molar refractivity (Wildman–Crippen MR) is 194 cm³/mol. The van der Waals surface area contributed by atoms with Crippen LogP contribution in [0, 0.1) is 29.6 Å². The van der Waals surface area contributed by atoms with Crippen LogP contribution < -0.4 is 26.6 Å². The molecule has 0 fully saturated rings. The Kier molecular flexibility index (Phi) is 15.8. The summed E-state index contributed by atoms with van der Waals surface area (Å²) in [6.07, 6.45) is 2.57. The first-order valence-electron chi connectivity index (χ1n) is 17.6. The van der Waals surface area contributed by atoms with Gasteiger partial charge in [-0.25, -0.2) is 0 Å². The van der Waals surface area contributed by atoms with Gasteiger partial charge in [0.05, 0.1) is 6.04 Å². The highest BCUT2D eigenvalue weighted by molar-refractivity contribution is 5.96. The van der Waals surface area contributed by atoms with Gasteiger partial charge >= 0.3 is 0 Å². The summed E-state index contributed by atoms with van der Waals surface area (Å²) in [5.74, 6) is -3.04. The highest BCUT2D eigenvalue weighted by atomic mass is 16.2. The van der Waals surface area contributed by atoms with Crippen molar-refractivity contribution in [2.75, 3.05) is 20.6 Å². The summed E-state index contributed by atoms with van der Waals surface area (Å²) in [5, 5.41) is 15.6. The maximum Gasteiger partial charge on any atom is 0.245 e. The topological polar surface area (TPSA) is 165 Å². The molecule has 2 aromatic rings. The lowest BCUT2D eigenvalue weighted by Gasteiger charge is -2.35. The van der Waals surface area contributed by atoms with Crippen LogP contribution in [0.5, 0.6) is 0 Å². The van der Waals surface area contributed by atoms with Crippen LogP contribution in [0.3, 0.4) is 0 Å². The van der Waals surface area contributed by atoms with Gasteiger partial charge in [-0.05, 0) is 54.7 Å². The SMILES string of the molecule is CN[C@H](C(=O)N[C@H](C(=O)N[C@H](C(=O)N[C@H](C(=O)N(C)[C@H](C(=O)NCCc1c[nH]c2ccccc12)C(C)C)C(C)C)C(C)C)C(C)C)C(C)C. The fourth-order valence-corrected chi connectivity index (χ4v) is 6.13. The van der Waals surface area contributed by atoms with Gasteiger partial charge in [-0.2, -0.15) is 0 Å². The number of likely N-dealkylation sites (N-methyl/N-ethyl adjacent to an activating group) is 2. The third kappa shape index (κ3) is 11.0. The molecule has 12 nitrogen and oxygen atoms in total. The highest BCUT2D eigenvalue weighted by Gasteiger charge is 2.38. The highest BCUT2D eigenvalue weighted by Crippen LogP contribution is 2.19. The van der Waals surface area contributed by atoms with Gasteiger partial charge in [0.1, 0.15) is 24.2 Å². The number of carbonyl (C=O) groups is 5. The summed E-state index contributed by atoms with van der Waals surface area (Å²) < 4.78 is 0. The Labute approximate surface area is 292 Å². The number of H-pyrrole nitrogens is 1. The zero-order chi connectivity index (χ0) is 37.2. The van der Waals surface area contributed by atoms with Crippen molar-refractivity contribution in [1.82, 2.24) is 36.5 Å². The molecule has 2 rings (SSSR count). The maximum absolute atomic E-state index is 13.9. The summed E-state index contributed by atoms with van der Waals surface area (Å²) >= 11 is 0. The van der Waals surface area contributed by atoms with Gasteiger partial charge < -0.3 is 36.5 Å². The van der Waals surface area contributed by atoms with E-state index in [4.69, 9.17) is 0 Å². The van der Waals surface area contributed by atoms with E-state index in [-0.39, 0.29) is 41.4 Å². The summed E-state index contributed by atoms with van der Waals surface area (Å²) in [4.78, 5) is 72.3. The van der Waals surface area contributed by atoms with Crippen LogP contribution in [0.1, 0.15) is 74.8 Å². The molecule has 0 aliphatic carbocycles. The number of hydrogen-bond acceptors (Lipinski definition) is 6. The molecular formula is C37H61N7O5. The Bertz CT molecular complexity index is 1420. The summed E-state index contributed by atoms with van der Waals surface area (Å²) in [6.45, 7) is 18.9. The molecule has 0 saturated carbocycles. The molecule has 0 saturated heterocycles. The largest absolute Gasteiger partial charge is 0.361 e. The minimum absolute atomic E-state index is 0.00497. The van der Waals surface area contributed by atoms with Crippen LogP contribution in [-0.4, -0.2) is 90.3 Å². The zero-order valence-electron chi connectivity index (χ0n) is 31.6. The molecule has 1 aromatic carbocycles. The van der Waals surface area contributed by atoms with Crippen LogP contribution in [0.25, 0.3) is 10.9 Å². The van der Waals surface area contributed by atoms with E-state index in [2.05, 4.69) is 31.6 Å². The van der Waals surface area contributed by atoms with Crippen LogP contribution in [0.2, 0.25) is 0 Å². The van der Waals surface area contributed by atoms with Crippen molar-refractivity contribution in [2.45, 2.75) is 106 Å². The van der Waals surface area contributed by atoms with E-state index in [1.807, 2.05) is 85.9 Å². The normalized spacial score (nSPS) is 14.9. The second-order valence-electron chi connectivity index (χ2n) is 14.7. The second kappa shape index (κ2) is 18.7. The third-order valence-corrected chi connectivity index (χ3v) is 9.02. The number of hydrogen-bond donors (Lipinski definition) is 6. The smallest absolute Gasteiger partial charge is 0.245 e. The summed E-state index contributed by atoms with van der Waals surface area (Å²) in [5.41, 5.74) is 2.13. The Hall–Kier alpha value is -3.93. The van der Waals surface area contributed by atoms with E-state index in [0.717, 1.165) is 16.5 Å². The monoisotopic (exact) mass is 683 g/mol. The van der Waals surface area contributed by atoms with Crippen molar-refractivity contribution in [2.24, 2.45) is 29.6 Å². The van der Waals surface area contributed by atoms with E-state index in [1.165, 1.54) is 4.90 Å². The molecule has 6 N–H and O–H groups in total. The number of aromatic amines is 1. The molecule has 1 heterocycles. The van der Waals surface area contributed by atoms with E-state index >= 15 is 0 Å². The van der Waals surface area contributed by atoms with Crippen molar-refractivity contribution in [3.8, 4) is 0 Å². The molecule has 0 bridgehead atoms. The minimum Gasteiger partial charge on any atom is -0.361 e. The fraction of sp³-hybridized carbons (Fsp3) is 0.649. The van der Waals surface area contributed by atoms with Crippen molar-refractivity contribution in [3.05, 3.63) is 36.0 Å². The van der Waals surface area contributed by atoms with Crippen LogP contribution in [0.15, 0.2) is 30.5 Å². The average Bonchev–Trinajstić information content (AvgIpc) is 3.43. The lowest BCUT2D eigenvalue weighted by molar-refractivity contribution is -0.144. The van der Waals surface area contributed by atoms with Crippen molar-refractivity contribution in [3.63, 3.8) is 0 Å². The average molecular weight is 684 g/mol. The number of carbonyl (C=O) groups excluding carboxylic acids is 5. The zero-order valence-corrected chi connectivity index (χ0v) is 31.6. The van der Waals surface area contributed by atoms with Gasteiger partial charge in [-0.15, -0.1) is 0 Å². The Balaban J connectivity index is 2.15. The van der Waals surface area contributed by atoms with E-state index in [0.29, 0.717) is 13.0 Å². The van der Waals surface area contributed by atoms with E-state index < -0.39 is 47.9 Å². The van der Waals surface area contributed by atoms with Gasteiger partial charge in [0.25, 0.3) is 0 Å². The first-order valence-corrected chi connectivity index (χ1v) is 17.6. The molecule has 5 amide bonds. The summed E-state index contributed by atoms with van der Waals surface area (Å²) in [6, 6.07) is 3.95. The third-order valence-electron chi connectivity index (χ3n) is 9.02. The first kappa shape index (κ1) is 41.2. The quantitative estimate of drug-likeness (QED) is 0.142. The Morgan fingerprint density at radius 2 is 1.12 bits per heavy atom. The van der Waals surface area contributed by atoms with Gasteiger partial charge in [0, 0.05) is 30.7 Å². The molecule has 12 heteroatoms. The lowest BCUT2D eigenvalue weighted by atomic mass is 9.96. The molecule has 0 spiro atoms. The Morgan fingerprint density at radius 3 is 1.59 bits per heavy atom. The molecule has 0 unspecified atom stereocenters. The number of benzene rings is 1. The molecule has 1 aromatic heterocycles. The van der Waals surface area contributed by atoms with Crippen molar-refractivity contribution < 1.29 is 24.0 Å². The van der Waals surface area contributed by atoms with Crippen LogP contribution in [0.4, 0.5) is 0 Å². The molecule has 274 valence electrons. The number of fused-ring (bicyclic) bond motifs is 1. The lowest BCUT2D eigenvalue weighted by Crippen LogP contribution is -2.62. The minimum atomic E-state index is -0.969. The van der Waals surface area contributed by atoms with Crippen LogP contribution in [-0.2, 0) is 30.4 Å².